The molecule has 0 bridgehead atoms. The molecule has 2 rings (SSSR count). The summed E-state index contributed by atoms with van der Waals surface area (Å²) in [4.78, 5) is 0. The number of benzene rings is 1. The van der Waals surface area contributed by atoms with Crippen LogP contribution in [0.3, 0.4) is 0 Å². The summed E-state index contributed by atoms with van der Waals surface area (Å²) in [6.07, 6.45) is -1.87. The number of halogens is 3. The van der Waals surface area contributed by atoms with Crippen molar-refractivity contribution in [2.75, 3.05) is 13.2 Å². The van der Waals surface area contributed by atoms with Crippen molar-refractivity contribution in [2.24, 2.45) is 0 Å². The maximum atomic E-state index is 12.3. The minimum atomic E-state index is -4.26. The van der Waals surface area contributed by atoms with E-state index in [-0.39, 0.29) is 6.10 Å². The van der Waals surface area contributed by atoms with Gasteiger partial charge in [-0.15, -0.1) is 0 Å². The third kappa shape index (κ3) is 3.71. The fraction of sp³-hybridized carbons (Fsp3) is 0.538. The van der Waals surface area contributed by atoms with Gasteiger partial charge < -0.3 is 10.1 Å². The molecule has 1 aromatic carbocycles. The van der Waals surface area contributed by atoms with Crippen LogP contribution in [-0.2, 0) is 17.5 Å². The fourth-order valence-electron chi connectivity index (χ4n) is 1.99. The highest BCUT2D eigenvalue weighted by Crippen LogP contribution is 2.29. The van der Waals surface area contributed by atoms with E-state index in [1.54, 1.807) is 0 Å². The van der Waals surface area contributed by atoms with Gasteiger partial charge in [0.15, 0.2) is 0 Å². The molecule has 0 unspecified atom stereocenters. The van der Waals surface area contributed by atoms with Crippen molar-refractivity contribution in [3.05, 3.63) is 35.4 Å². The third-order valence-corrected chi connectivity index (χ3v) is 3.01. The van der Waals surface area contributed by atoms with Gasteiger partial charge in [0.25, 0.3) is 0 Å². The summed E-state index contributed by atoms with van der Waals surface area (Å²) in [5.41, 5.74) is 0.242. The predicted molar refractivity (Wildman–Crippen MR) is 62.1 cm³/mol. The maximum absolute atomic E-state index is 12.3. The fourth-order valence-corrected chi connectivity index (χ4v) is 1.99. The lowest BCUT2D eigenvalue weighted by Crippen LogP contribution is -2.25. The van der Waals surface area contributed by atoms with Gasteiger partial charge in [-0.1, -0.05) is 12.1 Å². The number of alkyl halides is 3. The van der Waals surface area contributed by atoms with Gasteiger partial charge in [-0.25, -0.2) is 0 Å². The van der Waals surface area contributed by atoms with Crippen molar-refractivity contribution >= 4 is 0 Å². The first kappa shape index (κ1) is 13.4. The molecule has 1 saturated heterocycles. The van der Waals surface area contributed by atoms with Crippen LogP contribution in [0.1, 0.15) is 24.0 Å². The number of rotatable bonds is 4. The molecule has 0 amide bonds. The highest BCUT2D eigenvalue weighted by molar-refractivity contribution is 5.24. The second kappa shape index (κ2) is 5.71. The average molecular weight is 259 g/mol. The van der Waals surface area contributed by atoms with Gasteiger partial charge in [0.2, 0.25) is 0 Å². The summed E-state index contributed by atoms with van der Waals surface area (Å²) in [6.45, 7) is 2.13. The summed E-state index contributed by atoms with van der Waals surface area (Å²) in [5, 5.41) is 3.20. The topological polar surface area (TPSA) is 21.3 Å². The molecule has 0 spiro atoms. The Labute approximate surface area is 104 Å². The molecule has 5 heteroatoms. The Morgan fingerprint density at radius 1 is 1.22 bits per heavy atom. The van der Waals surface area contributed by atoms with E-state index in [2.05, 4.69) is 5.32 Å². The van der Waals surface area contributed by atoms with Gasteiger partial charge in [-0.2, -0.15) is 13.2 Å². The third-order valence-electron chi connectivity index (χ3n) is 3.01. The Hall–Kier alpha value is -1.07. The van der Waals surface area contributed by atoms with E-state index >= 15 is 0 Å². The Morgan fingerprint density at radius 3 is 2.50 bits per heavy atom. The zero-order valence-corrected chi connectivity index (χ0v) is 9.96. The van der Waals surface area contributed by atoms with Gasteiger partial charge in [0.1, 0.15) is 0 Å². The molecule has 100 valence electrons. The van der Waals surface area contributed by atoms with Crippen molar-refractivity contribution in [1.82, 2.24) is 5.32 Å². The first-order chi connectivity index (χ1) is 8.55. The van der Waals surface area contributed by atoms with Crippen LogP contribution in [0.25, 0.3) is 0 Å². The Morgan fingerprint density at radius 2 is 1.94 bits per heavy atom. The molecule has 1 heterocycles. The second-order valence-electron chi connectivity index (χ2n) is 4.46. The molecule has 1 fully saturated rings. The van der Waals surface area contributed by atoms with E-state index in [0.717, 1.165) is 43.7 Å². The molecule has 0 saturated carbocycles. The molecule has 1 aliphatic heterocycles. The molecule has 1 aliphatic rings. The van der Waals surface area contributed by atoms with Crippen LogP contribution in [0.2, 0.25) is 0 Å². The van der Waals surface area contributed by atoms with Crippen molar-refractivity contribution in [3.8, 4) is 0 Å². The molecular weight excluding hydrogens is 243 g/mol. The van der Waals surface area contributed by atoms with E-state index in [4.69, 9.17) is 4.74 Å². The van der Waals surface area contributed by atoms with E-state index in [1.807, 2.05) is 0 Å². The molecule has 18 heavy (non-hydrogen) atoms. The summed E-state index contributed by atoms with van der Waals surface area (Å²) in [5.74, 6) is 0. The molecule has 2 nitrogen and oxygen atoms in total. The van der Waals surface area contributed by atoms with Gasteiger partial charge in [0.05, 0.1) is 11.7 Å². The highest BCUT2D eigenvalue weighted by Gasteiger charge is 2.29. The molecule has 1 N–H and O–H groups in total. The smallest absolute Gasteiger partial charge is 0.377 e. The molecular formula is C13H16F3NO. The predicted octanol–water partition coefficient (Wildman–Crippen LogP) is 2.97. The number of nitrogens with one attached hydrogen (secondary N) is 1. The van der Waals surface area contributed by atoms with Gasteiger partial charge in [0, 0.05) is 19.7 Å². The minimum Gasteiger partial charge on any atom is -0.377 e. The first-order valence-corrected chi connectivity index (χ1v) is 6.04. The lowest BCUT2D eigenvalue weighted by Gasteiger charge is -2.11. The minimum absolute atomic E-state index is 0.249. The molecule has 1 aromatic rings. The summed E-state index contributed by atoms with van der Waals surface area (Å²) < 4.78 is 42.5. The van der Waals surface area contributed by atoms with Crippen LogP contribution in [-0.4, -0.2) is 19.3 Å². The zero-order valence-electron chi connectivity index (χ0n) is 9.96. The summed E-state index contributed by atoms with van der Waals surface area (Å²) in [7, 11) is 0. The van der Waals surface area contributed by atoms with E-state index in [1.165, 1.54) is 12.1 Å². The standard InChI is InChI=1S/C13H16F3NO/c14-13(15,16)11-5-3-10(4-6-11)8-17-9-12-2-1-7-18-12/h3-6,12,17H,1-2,7-9H2/t12-/m0/s1. The quantitative estimate of drug-likeness (QED) is 0.897. The number of ether oxygens (including phenoxy) is 1. The lowest BCUT2D eigenvalue weighted by molar-refractivity contribution is -0.137. The van der Waals surface area contributed by atoms with Crippen LogP contribution in [0.15, 0.2) is 24.3 Å². The van der Waals surface area contributed by atoms with Crippen molar-refractivity contribution in [3.63, 3.8) is 0 Å². The highest BCUT2D eigenvalue weighted by atomic mass is 19.4. The summed E-state index contributed by atoms with van der Waals surface area (Å²) >= 11 is 0. The monoisotopic (exact) mass is 259 g/mol. The summed E-state index contributed by atoms with van der Waals surface area (Å²) in [6, 6.07) is 5.24. The Bertz CT molecular complexity index is 369. The zero-order chi connectivity index (χ0) is 13.0. The number of hydrogen-bond acceptors (Lipinski definition) is 2. The lowest BCUT2D eigenvalue weighted by atomic mass is 10.1. The van der Waals surface area contributed by atoms with E-state index in [9.17, 15) is 13.2 Å². The number of hydrogen-bond donors (Lipinski definition) is 1. The maximum Gasteiger partial charge on any atom is 0.416 e. The average Bonchev–Trinajstić information content (AvgIpc) is 2.82. The van der Waals surface area contributed by atoms with Crippen LogP contribution in [0.4, 0.5) is 13.2 Å². The van der Waals surface area contributed by atoms with Crippen LogP contribution < -0.4 is 5.32 Å². The van der Waals surface area contributed by atoms with Gasteiger partial charge in [-0.05, 0) is 30.5 Å². The molecule has 1 atom stereocenters. The van der Waals surface area contributed by atoms with E-state index < -0.39 is 11.7 Å². The second-order valence-corrected chi connectivity index (χ2v) is 4.46. The van der Waals surface area contributed by atoms with E-state index in [0.29, 0.717) is 6.54 Å². The van der Waals surface area contributed by atoms with Crippen molar-refractivity contribution in [2.45, 2.75) is 31.7 Å². The SMILES string of the molecule is FC(F)(F)c1ccc(CNC[C@@H]2CCCO2)cc1. The molecule has 0 radical (unpaired) electrons. The molecule has 0 aliphatic carbocycles. The largest absolute Gasteiger partial charge is 0.416 e. The van der Waals surface area contributed by atoms with Crippen molar-refractivity contribution < 1.29 is 17.9 Å². The van der Waals surface area contributed by atoms with Crippen LogP contribution in [0.5, 0.6) is 0 Å². The van der Waals surface area contributed by atoms with Crippen LogP contribution >= 0.6 is 0 Å². The van der Waals surface area contributed by atoms with Crippen LogP contribution in [0, 0.1) is 0 Å². The van der Waals surface area contributed by atoms with Crippen molar-refractivity contribution in [1.29, 1.82) is 0 Å². The Balaban J connectivity index is 1.79. The normalized spacial score (nSPS) is 20.3. The first-order valence-electron chi connectivity index (χ1n) is 6.04. The molecule has 0 aromatic heterocycles. The Kier molecular flexibility index (Phi) is 4.24. The van der Waals surface area contributed by atoms with Gasteiger partial charge in [-0.3, -0.25) is 0 Å². The van der Waals surface area contributed by atoms with Gasteiger partial charge >= 0.3 is 6.18 Å².